The third-order valence-corrected chi connectivity index (χ3v) is 1.87. The van der Waals surface area contributed by atoms with Gasteiger partial charge in [-0.15, -0.1) is 0 Å². The van der Waals surface area contributed by atoms with E-state index in [2.05, 4.69) is 11.9 Å². The molecule has 0 unspecified atom stereocenters. The minimum Gasteiger partial charge on any atom is -0.328 e. The first-order valence-electron chi connectivity index (χ1n) is 3.82. The van der Waals surface area contributed by atoms with Crippen LogP contribution in [0.1, 0.15) is 19.8 Å². The molecular weight excluding hydrogens is 124 g/mol. The molecule has 0 bridgehead atoms. The van der Waals surface area contributed by atoms with Crippen LogP contribution in [0.3, 0.4) is 0 Å². The second kappa shape index (κ2) is 3.17. The smallest absolute Gasteiger partial charge is 0.0161 e. The molecule has 0 aromatic rings. The predicted molar refractivity (Wildman–Crippen MR) is 43.8 cm³/mol. The van der Waals surface area contributed by atoms with E-state index in [1.807, 2.05) is 6.92 Å². The fourth-order valence-electron chi connectivity index (χ4n) is 1.15. The van der Waals surface area contributed by atoms with Crippen molar-refractivity contribution in [3.05, 3.63) is 12.2 Å². The lowest BCUT2D eigenvalue weighted by atomic mass is 9.87. The van der Waals surface area contributed by atoms with Crippen LogP contribution >= 0.6 is 0 Å². The van der Waals surface area contributed by atoms with Crippen molar-refractivity contribution in [1.82, 2.24) is 5.32 Å². The van der Waals surface area contributed by atoms with E-state index in [1.54, 1.807) is 0 Å². The molecule has 0 atom stereocenters. The van der Waals surface area contributed by atoms with Crippen molar-refractivity contribution >= 4 is 0 Å². The van der Waals surface area contributed by atoms with Crippen molar-refractivity contribution in [3.8, 4) is 0 Å². The van der Waals surface area contributed by atoms with E-state index in [9.17, 15) is 0 Å². The Hall–Kier alpha value is -0.340. The van der Waals surface area contributed by atoms with Crippen LogP contribution in [0.5, 0.6) is 0 Å². The standard InChI is InChI=1S/C8H16N2/c1-6(2)5-10-8-3-7(9)4-8/h7-8,10H,1,3-5,9H2,2H3. The van der Waals surface area contributed by atoms with Crippen LogP contribution in [0, 0.1) is 0 Å². The summed E-state index contributed by atoms with van der Waals surface area (Å²) >= 11 is 0. The van der Waals surface area contributed by atoms with Crippen molar-refractivity contribution in [2.24, 2.45) is 5.73 Å². The normalized spacial score (nSPS) is 31.4. The molecule has 3 N–H and O–H groups in total. The van der Waals surface area contributed by atoms with Crippen LogP contribution in [0.15, 0.2) is 12.2 Å². The molecule has 2 nitrogen and oxygen atoms in total. The van der Waals surface area contributed by atoms with E-state index in [1.165, 1.54) is 5.57 Å². The zero-order chi connectivity index (χ0) is 7.56. The average molecular weight is 140 g/mol. The fourth-order valence-corrected chi connectivity index (χ4v) is 1.15. The van der Waals surface area contributed by atoms with Crippen LogP contribution < -0.4 is 11.1 Å². The topological polar surface area (TPSA) is 38.0 Å². The van der Waals surface area contributed by atoms with Crippen LogP contribution in [-0.4, -0.2) is 18.6 Å². The Kier molecular flexibility index (Phi) is 2.46. The van der Waals surface area contributed by atoms with Crippen LogP contribution in [0.25, 0.3) is 0 Å². The number of rotatable bonds is 3. The first-order chi connectivity index (χ1) is 4.68. The average Bonchev–Trinajstić information content (AvgIpc) is 1.77. The maximum atomic E-state index is 5.61. The molecule has 10 heavy (non-hydrogen) atoms. The summed E-state index contributed by atoms with van der Waals surface area (Å²) in [7, 11) is 0. The zero-order valence-corrected chi connectivity index (χ0v) is 6.56. The molecule has 0 radical (unpaired) electrons. The molecule has 0 spiro atoms. The molecule has 1 aliphatic carbocycles. The predicted octanol–water partition coefficient (Wildman–Crippen LogP) is 0.642. The van der Waals surface area contributed by atoms with Gasteiger partial charge >= 0.3 is 0 Å². The summed E-state index contributed by atoms with van der Waals surface area (Å²) in [6.07, 6.45) is 2.26. The summed E-state index contributed by atoms with van der Waals surface area (Å²) in [5.41, 5.74) is 6.81. The van der Waals surface area contributed by atoms with Crippen LogP contribution in [0.2, 0.25) is 0 Å². The van der Waals surface area contributed by atoms with E-state index in [4.69, 9.17) is 5.73 Å². The van der Waals surface area contributed by atoms with E-state index in [0.717, 1.165) is 19.4 Å². The lowest BCUT2D eigenvalue weighted by Crippen LogP contribution is -2.48. The van der Waals surface area contributed by atoms with Gasteiger partial charge in [0.2, 0.25) is 0 Å². The van der Waals surface area contributed by atoms with Gasteiger partial charge in [-0.25, -0.2) is 0 Å². The first-order valence-corrected chi connectivity index (χ1v) is 3.82. The highest BCUT2D eigenvalue weighted by atomic mass is 14.9. The maximum Gasteiger partial charge on any atom is 0.0161 e. The SMILES string of the molecule is C=C(C)CNC1CC(N)C1. The van der Waals surface area contributed by atoms with E-state index in [-0.39, 0.29) is 0 Å². The highest BCUT2D eigenvalue weighted by Gasteiger charge is 2.24. The van der Waals surface area contributed by atoms with Crippen molar-refractivity contribution in [3.63, 3.8) is 0 Å². The van der Waals surface area contributed by atoms with Gasteiger partial charge in [0.15, 0.2) is 0 Å². The summed E-state index contributed by atoms with van der Waals surface area (Å²) in [4.78, 5) is 0. The van der Waals surface area contributed by atoms with Gasteiger partial charge in [-0.3, -0.25) is 0 Å². The second-order valence-corrected chi connectivity index (χ2v) is 3.27. The Bertz CT molecular complexity index is 125. The largest absolute Gasteiger partial charge is 0.328 e. The Morgan fingerprint density at radius 1 is 1.70 bits per heavy atom. The fraction of sp³-hybridized carbons (Fsp3) is 0.750. The van der Waals surface area contributed by atoms with E-state index in [0.29, 0.717) is 12.1 Å². The summed E-state index contributed by atoms with van der Waals surface area (Å²) < 4.78 is 0. The molecule has 1 aliphatic rings. The lowest BCUT2D eigenvalue weighted by Gasteiger charge is -2.33. The van der Waals surface area contributed by atoms with Gasteiger partial charge in [0.1, 0.15) is 0 Å². The molecule has 1 saturated carbocycles. The van der Waals surface area contributed by atoms with Gasteiger partial charge < -0.3 is 11.1 Å². The third kappa shape index (κ3) is 2.12. The highest BCUT2D eigenvalue weighted by molar-refractivity contribution is 4.95. The zero-order valence-electron chi connectivity index (χ0n) is 6.56. The molecule has 0 saturated heterocycles. The first kappa shape index (κ1) is 7.76. The summed E-state index contributed by atoms with van der Waals surface area (Å²) in [5, 5.41) is 3.37. The Labute approximate surface area is 62.5 Å². The molecule has 1 rings (SSSR count). The van der Waals surface area contributed by atoms with Crippen molar-refractivity contribution in [2.75, 3.05) is 6.54 Å². The van der Waals surface area contributed by atoms with Crippen molar-refractivity contribution in [2.45, 2.75) is 31.8 Å². The van der Waals surface area contributed by atoms with Crippen LogP contribution in [0.4, 0.5) is 0 Å². The molecule has 1 fully saturated rings. The van der Waals surface area contributed by atoms with Gasteiger partial charge in [-0.05, 0) is 19.8 Å². The molecule has 0 aliphatic heterocycles. The molecule has 58 valence electrons. The van der Waals surface area contributed by atoms with E-state index >= 15 is 0 Å². The summed E-state index contributed by atoms with van der Waals surface area (Å²) in [5.74, 6) is 0. The Morgan fingerprint density at radius 3 is 2.70 bits per heavy atom. The minimum absolute atomic E-state index is 0.447. The molecule has 0 aromatic carbocycles. The van der Waals surface area contributed by atoms with Gasteiger partial charge in [-0.1, -0.05) is 12.2 Å². The molecule has 2 heteroatoms. The van der Waals surface area contributed by atoms with Crippen molar-refractivity contribution in [1.29, 1.82) is 0 Å². The second-order valence-electron chi connectivity index (χ2n) is 3.27. The number of nitrogens with two attached hydrogens (primary N) is 1. The summed E-state index contributed by atoms with van der Waals surface area (Å²) in [6, 6.07) is 1.11. The maximum absolute atomic E-state index is 5.61. The third-order valence-electron chi connectivity index (χ3n) is 1.87. The number of nitrogens with one attached hydrogen (secondary N) is 1. The van der Waals surface area contributed by atoms with Gasteiger partial charge in [-0.2, -0.15) is 0 Å². The number of hydrogen-bond acceptors (Lipinski definition) is 2. The monoisotopic (exact) mass is 140 g/mol. The lowest BCUT2D eigenvalue weighted by molar-refractivity contribution is 0.299. The van der Waals surface area contributed by atoms with Crippen molar-refractivity contribution < 1.29 is 0 Å². The van der Waals surface area contributed by atoms with Crippen LogP contribution in [-0.2, 0) is 0 Å². The van der Waals surface area contributed by atoms with Gasteiger partial charge in [0.25, 0.3) is 0 Å². The molecule has 0 amide bonds. The highest BCUT2D eigenvalue weighted by Crippen LogP contribution is 2.16. The quantitative estimate of drug-likeness (QED) is 0.565. The Morgan fingerprint density at radius 2 is 2.30 bits per heavy atom. The van der Waals surface area contributed by atoms with Gasteiger partial charge in [0.05, 0.1) is 0 Å². The summed E-state index contributed by atoms with van der Waals surface area (Å²) in [6.45, 7) is 6.79. The molecule has 0 aromatic heterocycles. The van der Waals surface area contributed by atoms with Gasteiger partial charge in [0, 0.05) is 18.6 Å². The minimum atomic E-state index is 0.447. The van der Waals surface area contributed by atoms with E-state index < -0.39 is 0 Å². The number of hydrogen-bond donors (Lipinski definition) is 2. The molecular formula is C8H16N2. The molecule has 0 heterocycles. The Balaban J connectivity index is 2.00.